The summed E-state index contributed by atoms with van der Waals surface area (Å²) in [6, 6.07) is 0. The van der Waals surface area contributed by atoms with Crippen LogP contribution in [-0.4, -0.2) is 25.2 Å². The van der Waals surface area contributed by atoms with Gasteiger partial charge in [-0.05, 0) is 19.3 Å². The van der Waals surface area contributed by atoms with Gasteiger partial charge in [0.15, 0.2) is 0 Å². The Hall–Kier alpha value is -0.810. The lowest BCUT2D eigenvalue weighted by atomic mass is 10.1. The van der Waals surface area contributed by atoms with E-state index in [1.807, 2.05) is 0 Å². The van der Waals surface area contributed by atoms with Crippen LogP contribution in [0.5, 0.6) is 0 Å². The van der Waals surface area contributed by atoms with Crippen molar-refractivity contribution in [3.8, 4) is 0 Å². The van der Waals surface area contributed by atoms with Crippen LogP contribution >= 0.6 is 0 Å². The largest absolute Gasteiger partial charge is 0.376 e. The number of guanidine groups is 1. The maximum absolute atomic E-state index is 5.44. The first kappa shape index (κ1) is 9.28. The molecule has 0 aromatic carbocycles. The predicted octanol–water partition coefficient (Wildman–Crippen LogP) is -0.667. The van der Waals surface area contributed by atoms with Crippen molar-refractivity contribution in [3.05, 3.63) is 0 Å². The maximum Gasteiger partial charge on any atom is 0.203 e. The summed E-state index contributed by atoms with van der Waals surface area (Å²) in [5.41, 5.74) is 7.63. The Kier molecular flexibility index (Phi) is 3.83. The van der Waals surface area contributed by atoms with Crippen molar-refractivity contribution >= 4 is 5.96 Å². The van der Waals surface area contributed by atoms with Crippen LogP contribution in [0, 0.1) is 0 Å². The summed E-state index contributed by atoms with van der Waals surface area (Å²) >= 11 is 0. The zero-order valence-electron chi connectivity index (χ0n) is 7.12. The minimum atomic E-state index is 0.227. The second-order valence-corrected chi connectivity index (χ2v) is 2.86. The lowest BCUT2D eigenvalue weighted by molar-refractivity contribution is 0.0224. The number of nitrogens with zero attached hydrogens (tertiary/aromatic N) is 1. The lowest BCUT2D eigenvalue weighted by Crippen LogP contribution is -2.38. The van der Waals surface area contributed by atoms with E-state index in [1.165, 1.54) is 6.42 Å². The van der Waals surface area contributed by atoms with Gasteiger partial charge in [0, 0.05) is 6.61 Å². The molecule has 1 heterocycles. The molecule has 1 aliphatic rings. The number of rotatable bonds is 2. The summed E-state index contributed by atoms with van der Waals surface area (Å²) in [6.45, 7) is 1.45. The van der Waals surface area contributed by atoms with Gasteiger partial charge in [-0.15, -0.1) is 0 Å². The second kappa shape index (κ2) is 4.95. The van der Waals surface area contributed by atoms with E-state index in [0.717, 1.165) is 19.4 Å². The molecule has 0 amide bonds. The van der Waals surface area contributed by atoms with E-state index in [2.05, 4.69) is 10.4 Å². The quantitative estimate of drug-likeness (QED) is 0.223. The first-order chi connectivity index (χ1) is 5.83. The topological polar surface area (TPSA) is 85.7 Å². The normalized spacial score (nSPS) is 25.4. The van der Waals surface area contributed by atoms with Crippen LogP contribution in [0.2, 0.25) is 0 Å². The molecule has 0 aliphatic carbocycles. The molecule has 0 spiro atoms. The third kappa shape index (κ3) is 3.06. The molecule has 1 fully saturated rings. The fourth-order valence-electron chi connectivity index (χ4n) is 1.20. The third-order valence-corrected chi connectivity index (χ3v) is 1.89. The number of nitrogens with one attached hydrogen (secondary N) is 1. The smallest absolute Gasteiger partial charge is 0.203 e. The summed E-state index contributed by atoms with van der Waals surface area (Å²) < 4.78 is 5.44. The predicted molar refractivity (Wildman–Crippen MR) is 47.4 cm³/mol. The van der Waals surface area contributed by atoms with Crippen LogP contribution in [-0.2, 0) is 4.74 Å². The summed E-state index contributed by atoms with van der Waals surface area (Å²) in [5, 5.41) is 0. The highest BCUT2D eigenvalue weighted by Gasteiger charge is 2.12. The van der Waals surface area contributed by atoms with Crippen LogP contribution in [0.4, 0.5) is 0 Å². The van der Waals surface area contributed by atoms with Gasteiger partial charge in [0.1, 0.15) is 0 Å². The zero-order chi connectivity index (χ0) is 8.81. The maximum atomic E-state index is 5.44. The molecule has 1 unspecified atom stereocenters. The van der Waals surface area contributed by atoms with Gasteiger partial charge in [0.05, 0.1) is 12.6 Å². The van der Waals surface area contributed by atoms with E-state index in [4.69, 9.17) is 16.3 Å². The van der Waals surface area contributed by atoms with E-state index in [9.17, 15) is 0 Å². The number of ether oxygens (including phenoxy) is 1. The van der Waals surface area contributed by atoms with Crippen molar-refractivity contribution in [2.45, 2.75) is 25.4 Å². The Morgan fingerprint density at radius 3 is 3.00 bits per heavy atom. The third-order valence-electron chi connectivity index (χ3n) is 1.89. The summed E-state index contributed by atoms with van der Waals surface area (Å²) in [4.78, 5) is 4.00. The summed E-state index contributed by atoms with van der Waals surface area (Å²) in [7, 11) is 0. The van der Waals surface area contributed by atoms with Crippen LogP contribution in [0.25, 0.3) is 0 Å². The van der Waals surface area contributed by atoms with Gasteiger partial charge in [-0.25, -0.2) is 10.8 Å². The van der Waals surface area contributed by atoms with Crippen molar-refractivity contribution in [2.24, 2.45) is 16.6 Å². The molecule has 5 nitrogen and oxygen atoms in total. The molecule has 12 heavy (non-hydrogen) atoms. The average molecular weight is 172 g/mol. The van der Waals surface area contributed by atoms with Gasteiger partial charge in [-0.2, -0.15) is 0 Å². The molecular formula is C7H16N4O. The zero-order valence-corrected chi connectivity index (χ0v) is 7.12. The Morgan fingerprint density at radius 1 is 1.58 bits per heavy atom. The van der Waals surface area contributed by atoms with E-state index in [1.54, 1.807) is 0 Å². The van der Waals surface area contributed by atoms with Gasteiger partial charge < -0.3 is 10.5 Å². The first-order valence-corrected chi connectivity index (χ1v) is 4.21. The molecule has 1 rings (SSSR count). The number of nitrogens with two attached hydrogens (primary N) is 2. The Balaban J connectivity index is 2.21. The monoisotopic (exact) mass is 172 g/mol. The molecular weight excluding hydrogens is 156 g/mol. The Morgan fingerprint density at radius 2 is 2.42 bits per heavy atom. The van der Waals surface area contributed by atoms with Gasteiger partial charge in [0.25, 0.3) is 0 Å². The van der Waals surface area contributed by atoms with Gasteiger partial charge in [0.2, 0.25) is 5.96 Å². The highest BCUT2D eigenvalue weighted by Crippen LogP contribution is 2.12. The highest BCUT2D eigenvalue weighted by molar-refractivity contribution is 5.77. The minimum Gasteiger partial charge on any atom is -0.376 e. The molecule has 0 radical (unpaired) electrons. The number of hydrogen-bond donors (Lipinski definition) is 3. The molecule has 5 heteroatoms. The average Bonchev–Trinajstić information content (AvgIpc) is 2.16. The summed E-state index contributed by atoms with van der Waals surface area (Å²) in [5.74, 6) is 5.31. The summed E-state index contributed by atoms with van der Waals surface area (Å²) in [6.07, 6.45) is 3.67. The van der Waals surface area contributed by atoms with E-state index >= 15 is 0 Å². The first-order valence-electron chi connectivity index (χ1n) is 4.21. The SMILES string of the molecule is NNC(N)=NCC1CCCCO1. The molecule has 5 N–H and O–H groups in total. The Labute approximate surface area is 72.1 Å². The van der Waals surface area contributed by atoms with Gasteiger partial charge in [-0.3, -0.25) is 5.43 Å². The number of aliphatic imine (C=N–C) groups is 1. The molecule has 0 aromatic heterocycles. The van der Waals surface area contributed by atoms with Crippen molar-refractivity contribution in [1.82, 2.24) is 5.43 Å². The van der Waals surface area contributed by atoms with Crippen LogP contribution in [0.1, 0.15) is 19.3 Å². The fraction of sp³-hybridized carbons (Fsp3) is 0.857. The molecule has 0 saturated carbocycles. The van der Waals surface area contributed by atoms with Crippen LogP contribution < -0.4 is 17.0 Å². The fourth-order valence-corrected chi connectivity index (χ4v) is 1.20. The van der Waals surface area contributed by atoms with Crippen LogP contribution in [0.15, 0.2) is 4.99 Å². The van der Waals surface area contributed by atoms with E-state index in [-0.39, 0.29) is 12.1 Å². The molecule has 1 saturated heterocycles. The van der Waals surface area contributed by atoms with Crippen molar-refractivity contribution < 1.29 is 4.74 Å². The van der Waals surface area contributed by atoms with Crippen LogP contribution in [0.3, 0.4) is 0 Å². The van der Waals surface area contributed by atoms with E-state index < -0.39 is 0 Å². The molecule has 1 atom stereocenters. The molecule has 0 aromatic rings. The van der Waals surface area contributed by atoms with Crippen molar-refractivity contribution in [1.29, 1.82) is 0 Å². The second-order valence-electron chi connectivity index (χ2n) is 2.86. The number of hydrazine groups is 1. The standard InChI is InChI=1S/C7H16N4O/c8-7(11-9)10-5-6-3-1-2-4-12-6/h6H,1-5,9H2,(H3,8,10,11). The Bertz CT molecular complexity index is 153. The van der Waals surface area contributed by atoms with Crippen molar-refractivity contribution in [2.75, 3.05) is 13.2 Å². The molecule has 0 bridgehead atoms. The number of hydrogen-bond acceptors (Lipinski definition) is 3. The lowest BCUT2D eigenvalue weighted by Gasteiger charge is -2.20. The van der Waals surface area contributed by atoms with Gasteiger partial charge in [-0.1, -0.05) is 0 Å². The van der Waals surface area contributed by atoms with Crippen molar-refractivity contribution in [3.63, 3.8) is 0 Å². The minimum absolute atomic E-state index is 0.227. The van der Waals surface area contributed by atoms with E-state index in [0.29, 0.717) is 6.54 Å². The molecule has 1 aliphatic heterocycles. The van der Waals surface area contributed by atoms with Gasteiger partial charge >= 0.3 is 0 Å². The molecule has 70 valence electrons. The highest BCUT2D eigenvalue weighted by atomic mass is 16.5.